The molecule has 1 amide bonds. The third-order valence-corrected chi connectivity index (χ3v) is 2.16. The molecule has 1 unspecified atom stereocenters. The standard InChI is InChI=1S/C11H12ClNO3/c1-7(14)8(2)16-11(15)13-10-5-3-4-9(12)6-10/h3-6,8H,1-2H3,(H,13,15). The van der Waals surface area contributed by atoms with E-state index in [2.05, 4.69) is 5.32 Å². The number of rotatable bonds is 3. The molecule has 1 N–H and O–H groups in total. The molecule has 1 aromatic rings. The number of amides is 1. The molecule has 86 valence electrons. The predicted molar refractivity (Wildman–Crippen MR) is 61.7 cm³/mol. The van der Waals surface area contributed by atoms with Gasteiger partial charge >= 0.3 is 6.09 Å². The number of anilines is 1. The van der Waals surface area contributed by atoms with Crippen LogP contribution >= 0.6 is 11.6 Å². The Hall–Kier alpha value is -1.55. The fourth-order valence-electron chi connectivity index (χ4n) is 0.957. The van der Waals surface area contributed by atoms with Crippen molar-refractivity contribution in [3.63, 3.8) is 0 Å². The normalized spacial score (nSPS) is 11.7. The quantitative estimate of drug-likeness (QED) is 0.885. The van der Waals surface area contributed by atoms with Crippen LogP contribution in [0.25, 0.3) is 0 Å². The Kier molecular flexibility index (Phi) is 4.31. The molecular formula is C11H12ClNO3. The number of hydrogen-bond donors (Lipinski definition) is 1. The van der Waals surface area contributed by atoms with Gasteiger partial charge < -0.3 is 4.74 Å². The average molecular weight is 242 g/mol. The van der Waals surface area contributed by atoms with E-state index in [0.717, 1.165) is 0 Å². The lowest BCUT2D eigenvalue weighted by Crippen LogP contribution is -2.25. The Morgan fingerprint density at radius 2 is 2.12 bits per heavy atom. The van der Waals surface area contributed by atoms with E-state index in [9.17, 15) is 9.59 Å². The van der Waals surface area contributed by atoms with Crippen LogP contribution in [0.2, 0.25) is 5.02 Å². The van der Waals surface area contributed by atoms with Crippen molar-refractivity contribution in [2.45, 2.75) is 20.0 Å². The van der Waals surface area contributed by atoms with Gasteiger partial charge in [-0.05, 0) is 32.0 Å². The summed E-state index contributed by atoms with van der Waals surface area (Å²) in [5, 5.41) is 2.98. The van der Waals surface area contributed by atoms with Crippen LogP contribution in [0, 0.1) is 0 Å². The first kappa shape index (κ1) is 12.5. The fraction of sp³-hybridized carbons (Fsp3) is 0.273. The second kappa shape index (κ2) is 5.51. The minimum Gasteiger partial charge on any atom is -0.438 e. The molecule has 0 spiro atoms. The van der Waals surface area contributed by atoms with E-state index >= 15 is 0 Å². The third kappa shape index (κ3) is 3.90. The molecule has 0 saturated heterocycles. The summed E-state index contributed by atoms with van der Waals surface area (Å²) in [6.45, 7) is 2.87. The van der Waals surface area contributed by atoms with Crippen molar-refractivity contribution in [3.8, 4) is 0 Å². The van der Waals surface area contributed by atoms with Crippen LogP contribution in [0.4, 0.5) is 10.5 Å². The fourth-order valence-corrected chi connectivity index (χ4v) is 1.15. The lowest BCUT2D eigenvalue weighted by molar-refractivity contribution is -0.124. The molecule has 0 aromatic heterocycles. The topological polar surface area (TPSA) is 55.4 Å². The van der Waals surface area contributed by atoms with Gasteiger partial charge in [-0.2, -0.15) is 0 Å². The van der Waals surface area contributed by atoms with E-state index in [1.54, 1.807) is 24.3 Å². The number of carbonyl (C=O) groups is 2. The smallest absolute Gasteiger partial charge is 0.412 e. The predicted octanol–water partition coefficient (Wildman–Crippen LogP) is 2.87. The Bertz CT molecular complexity index is 406. The van der Waals surface area contributed by atoms with E-state index < -0.39 is 12.2 Å². The molecule has 4 nitrogen and oxygen atoms in total. The van der Waals surface area contributed by atoms with E-state index in [1.165, 1.54) is 13.8 Å². The van der Waals surface area contributed by atoms with Gasteiger partial charge in [-0.15, -0.1) is 0 Å². The maximum atomic E-state index is 11.3. The highest BCUT2D eigenvalue weighted by Gasteiger charge is 2.13. The van der Waals surface area contributed by atoms with Gasteiger partial charge in [0, 0.05) is 10.7 Å². The van der Waals surface area contributed by atoms with Gasteiger partial charge in [0.15, 0.2) is 11.9 Å². The zero-order chi connectivity index (χ0) is 12.1. The van der Waals surface area contributed by atoms with Crippen LogP contribution in [-0.2, 0) is 9.53 Å². The summed E-state index contributed by atoms with van der Waals surface area (Å²) in [5.41, 5.74) is 0.522. The van der Waals surface area contributed by atoms with E-state index in [-0.39, 0.29) is 5.78 Å². The van der Waals surface area contributed by atoms with Gasteiger partial charge in [0.1, 0.15) is 0 Å². The molecule has 0 fully saturated rings. The van der Waals surface area contributed by atoms with Crippen molar-refractivity contribution in [1.29, 1.82) is 0 Å². The highest BCUT2D eigenvalue weighted by atomic mass is 35.5. The maximum Gasteiger partial charge on any atom is 0.412 e. The van der Waals surface area contributed by atoms with Crippen molar-refractivity contribution in [2.24, 2.45) is 0 Å². The highest BCUT2D eigenvalue weighted by molar-refractivity contribution is 6.30. The van der Waals surface area contributed by atoms with Crippen LogP contribution in [-0.4, -0.2) is 18.0 Å². The van der Waals surface area contributed by atoms with Crippen molar-refractivity contribution >= 4 is 29.2 Å². The van der Waals surface area contributed by atoms with Crippen LogP contribution in [0.15, 0.2) is 24.3 Å². The van der Waals surface area contributed by atoms with Crippen LogP contribution in [0.1, 0.15) is 13.8 Å². The second-order valence-corrected chi connectivity index (χ2v) is 3.73. The van der Waals surface area contributed by atoms with Gasteiger partial charge in [0.05, 0.1) is 0 Å². The number of ether oxygens (including phenoxy) is 1. The summed E-state index contributed by atoms with van der Waals surface area (Å²) >= 11 is 5.74. The molecule has 1 rings (SSSR count). The van der Waals surface area contributed by atoms with E-state index in [0.29, 0.717) is 10.7 Å². The number of nitrogens with one attached hydrogen (secondary N) is 1. The molecule has 0 saturated carbocycles. The van der Waals surface area contributed by atoms with Crippen molar-refractivity contribution in [2.75, 3.05) is 5.32 Å². The van der Waals surface area contributed by atoms with Crippen molar-refractivity contribution in [3.05, 3.63) is 29.3 Å². The average Bonchev–Trinajstić information content (AvgIpc) is 2.16. The zero-order valence-corrected chi connectivity index (χ0v) is 9.75. The number of hydrogen-bond acceptors (Lipinski definition) is 3. The summed E-state index contributed by atoms with van der Waals surface area (Å²) in [5.74, 6) is -0.207. The summed E-state index contributed by atoms with van der Waals surface area (Å²) < 4.78 is 4.81. The molecular weight excluding hydrogens is 230 g/mol. The summed E-state index contributed by atoms with van der Waals surface area (Å²) in [6.07, 6.45) is -1.43. The Labute approximate surface area is 98.5 Å². The minimum atomic E-state index is -0.751. The molecule has 0 aliphatic heterocycles. The molecule has 1 aromatic carbocycles. The Balaban J connectivity index is 2.55. The second-order valence-electron chi connectivity index (χ2n) is 3.29. The number of carbonyl (C=O) groups excluding carboxylic acids is 2. The Morgan fingerprint density at radius 3 is 2.69 bits per heavy atom. The molecule has 5 heteroatoms. The van der Waals surface area contributed by atoms with Gasteiger partial charge in [-0.3, -0.25) is 10.1 Å². The first-order chi connectivity index (χ1) is 7.49. The van der Waals surface area contributed by atoms with E-state index in [1.807, 2.05) is 0 Å². The van der Waals surface area contributed by atoms with Gasteiger partial charge in [0.2, 0.25) is 0 Å². The van der Waals surface area contributed by atoms with Gasteiger partial charge in [-0.25, -0.2) is 4.79 Å². The lowest BCUT2D eigenvalue weighted by atomic mass is 10.3. The molecule has 0 aliphatic rings. The van der Waals surface area contributed by atoms with Crippen molar-refractivity contribution < 1.29 is 14.3 Å². The van der Waals surface area contributed by atoms with Gasteiger partial charge in [-0.1, -0.05) is 17.7 Å². The molecule has 0 bridgehead atoms. The minimum absolute atomic E-state index is 0.207. The summed E-state index contributed by atoms with van der Waals surface area (Å²) in [6, 6.07) is 6.65. The van der Waals surface area contributed by atoms with Crippen LogP contribution < -0.4 is 5.32 Å². The van der Waals surface area contributed by atoms with Crippen LogP contribution in [0.5, 0.6) is 0 Å². The molecule has 0 radical (unpaired) electrons. The van der Waals surface area contributed by atoms with Crippen molar-refractivity contribution in [1.82, 2.24) is 0 Å². The first-order valence-corrected chi connectivity index (χ1v) is 5.10. The number of Topliss-reactive ketones (excluding diaryl/α,β-unsaturated/α-hetero) is 1. The zero-order valence-electron chi connectivity index (χ0n) is 8.99. The Morgan fingerprint density at radius 1 is 1.44 bits per heavy atom. The first-order valence-electron chi connectivity index (χ1n) is 4.72. The maximum absolute atomic E-state index is 11.3. The number of ketones is 1. The monoisotopic (exact) mass is 241 g/mol. The number of benzene rings is 1. The lowest BCUT2D eigenvalue weighted by Gasteiger charge is -2.10. The highest BCUT2D eigenvalue weighted by Crippen LogP contribution is 2.15. The van der Waals surface area contributed by atoms with E-state index in [4.69, 9.17) is 16.3 Å². The van der Waals surface area contributed by atoms with Gasteiger partial charge in [0.25, 0.3) is 0 Å². The molecule has 0 aliphatic carbocycles. The molecule has 1 atom stereocenters. The molecule has 0 heterocycles. The molecule has 16 heavy (non-hydrogen) atoms. The van der Waals surface area contributed by atoms with Crippen LogP contribution in [0.3, 0.4) is 0 Å². The third-order valence-electron chi connectivity index (χ3n) is 1.93. The SMILES string of the molecule is CC(=O)C(C)OC(=O)Nc1cccc(Cl)c1. The number of halogens is 1. The summed E-state index contributed by atoms with van der Waals surface area (Å²) in [7, 11) is 0. The summed E-state index contributed by atoms with van der Waals surface area (Å²) in [4.78, 5) is 22.2. The largest absolute Gasteiger partial charge is 0.438 e.